The van der Waals surface area contributed by atoms with Crippen LogP contribution in [0, 0.1) is 12.7 Å². The highest BCUT2D eigenvalue weighted by Gasteiger charge is 2.20. The maximum absolute atomic E-state index is 13.2. The molecule has 0 aromatic heterocycles. The van der Waals surface area contributed by atoms with Gasteiger partial charge in [-0.25, -0.2) is 4.39 Å². The van der Waals surface area contributed by atoms with Gasteiger partial charge in [0, 0.05) is 5.54 Å². The number of hydrogen-bond acceptors (Lipinski definition) is 1. The average Bonchev–Trinajstić information content (AvgIpc) is 2.27. The Morgan fingerprint density at radius 3 is 2.16 bits per heavy atom. The lowest BCUT2D eigenvalue weighted by atomic mass is 9.87. The summed E-state index contributed by atoms with van der Waals surface area (Å²) in [7, 11) is 0. The molecule has 2 heteroatoms. The van der Waals surface area contributed by atoms with E-state index in [0.717, 1.165) is 12.0 Å². The molecule has 0 spiro atoms. The Hall–Kier alpha value is -1.67. The summed E-state index contributed by atoms with van der Waals surface area (Å²) >= 11 is 0. The predicted octanol–water partition coefficient (Wildman–Crippen LogP) is 3.64. The minimum Gasteiger partial charge on any atom is -0.325 e. The molecular weight excluding hydrogens is 237 g/mol. The lowest BCUT2D eigenvalue weighted by Gasteiger charge is -2.25. The second kappa shape index (κ2) is 5.54. The molecule has 1 atom stereocenters. The minimum absolute atomic E-state index is 0.205. The summed E-state index contributed by atoms with van der Waals surface area (Å²) in [5, 5.41) is 0. The van der Waals surface area contributed by atoms with E-state index in [9.17, 15) is 4.39 Å². The lowest BCUT2D eigenvalue weighted by Crippen LogP contribution is -2.40. The van der Waals surface area contributed by atoms with Crippen LogP contribution in [0.25, 0.3) is 0 Å². The quantitative estimate of drug-likeness (QED) is 0.889. The van der Waals surface area contributed by atoms with Gasteiger partial charge in [0.15, 0.2) is 0 Å². The molecule has 100 valence electrons. The average molecular weight is 257 g/mol. The van der Waals surface area contributed by atoms with Crippen molar-refractivity contribution < 1.29 is 4.39 Å². The summed E-state index contributed by atoms with van der Waals surface area (Å²) in [4.78, 5) is 0. The van der Waals surface area contributed by atoms with E-state index in [4.69, 9.17) is 5.73 Å². The number of nitrogens with two attached hydrogens (primary N) is 1. The standard InChI is InChI=1S/C17H20FN/c1-13-5-3-6-14(9-13)11-17(2,19)12-15-7-4-8-16(18)10-15/h3-10H,11-12,19H2,1-2H3. The molecule has 0 heterocycles. The van der Waals surface area contributed by atoms with Crippen LogP contribution in [0.5, 0.6) is 0 Å². The van der Waals surface area contributed by atoms with Gasteiger partial charge < -0.3 is 5.73 Å². The van der Waals surface area contributed by atoms with E-state index >= 15 is 0 Å². The number of benzene rings is 2. The molecule has 2 N–H and O–H groups in total. The molecule has 0 aliphatic carbocycles. The van der Waals surface area contributed by atoms with E-state index in [-0.39, 0.29) is 11.4 Å². The van der Waals surface area contributed by atoms with E-state index in [1.165, 1.54) is 17.2 Å². The van der Waals surface area contributed by atoms with Crippen LogP contribution in [0.1, 0.15) is 23.6 Å². The molecule has 2 aromatic rings. The highest BCUT2D eigenvalue weighted by molar-refractivity contribution is 5.25. The maximum Gasteiger partial charge on any atom is 0.123 e. The number of aryl methyl sites for hydroxylation is 1. The van der Waals surface area contributed by atoms with E-state index in [2.05, 4.69) is 25.1 Å². The van der Waals surface area contributed by atoms with E-state index in [1.54, 1.807) is 12.1 Å². The second-order valence-electron chi connectivity index (χ2n) is 5.63. The monoisotopic (exact) mass is 257 g/mol. The van der Waals surface area contributed by atoms with Crippen molar-refractivity contribution in [2.75, 3.05) is 0 Å². The van der Waals surface area contributed by atoms with Crippen LogP contribution in [-0.4, -0.2) is 5.54 Å². The van der Waals surface area contributed by atoms with E-state index in [1.807, 2.05) is 19.1 Å². The molecule has 0 amide bonds. The first-order valence-electron chi connectivity index (χ1n) is 6.53. The van der Waals surface area contributed by atoms with Crippen LogP contribution in [0.3, 0.4) is 0 Å². The lowest BCUT2D eigenvalue weighted by molar-refractivity contribution is 0.461. The van der Waals surface area contributed by atoms with Crippen LogP contribution < -0.4 is 5.73 Å². The van der Waals surface area contributed by atoms with Crippen LogP contribution in [-0.2, 0) is 12.8 Å². The fraction of sp³-hybridized carbons (Fsp3) is 0.294. The molecule has 1 nitrogen and oxygen atoms in total. The Kier molecular flexibility index (Phi) is 4.01. The first kappa shape index (κ1) is 13.8. The molecule has 0 saturated carbocycles. The van der Waals surface area contributed by atoms with Gasteiger partial charge in [-0.3, -0.25) is 0 Å². The maximum atomic E-state index is 13.2. The third-order valence-electron chi connectivity index (χ3n) is 3.19. The van der Waals surface area contributed by atoms with Gasteiger partial charge in [-0.1, -0.05) is 42.0 Å². The Balaban J connectivity index is 2.10. The zero-order valence-electron chi connectivity index (χ0n) is 11.5. The van der Waals surface area contributed by atoms with E-state index < -0.39 is 0 Å². The second-order valence-corrected chi connectivity index (χ2v) is 5.63. The Labute approximate surface area is 114 Å². The van der Waals surface area contributed by atoms with Crippen LogP contribution in [0.2, 0.25) is 0 Å². The summed E-state index contributed by atoms with van der Waals surface area (Å²) in [6.45, 7) is 4.09. The molecule has 2 rings (SSSR count). The van der Waals surface area contributed by atoms with Gasteiger partial charge in [-0.2, -0.15) is 0 Å². The Morgan fingerprint density at radius 1 is 1.00 bits per heavy atom. The highest BCUT2D eigenvalue weighted by Crippen LogP contribution is 2.18. The largest absolute Gasteiger partial charge is 0.325 e. The zero-order chi connectivity index (χ0) is 13.9. The summed E-state index contributed by atoms with van der Waals surface area (Å²) in [6, 6.07) is 15.0. The highest BCUT2D eigenvalue weighted by atomic mass is 19.1. The Morgan fingerprint density at radius 2 is 1.58 bits per heavy atom. The first-order valence-corrected chi connectivity index (χ1v) is 6.53. The number of rotatable bonds is 4. The number of halogens is 1. The third-order valence-corrected chi connectivity index (χ3v) is 3.19. The molecule has 0 saturated heterocycles. The summed E-state index contributed by atoms with van der Waals surface area (Å²) < 4.78 is 13.2. The van der Waals surface area contributed by atoms with Crippen LogP contribution in [0.4, 0.5) is 4.39 Å². The third kappa shape index (κ3) is 4.18. The summed E-state index contributed by atoms with van der Waals surface area (Å²) in [6.07, 6.45) is 1.45. The van der Waals surface area contributed by atoms with Crippen molar-refractivity contribution in [1.29, 1.82) is 0 Å². The van der Waals surface area contributed by atoms with Gasteiger partial charge in [0.25, 0.3) is 0 Å². The van der Waals surface area contributed by atoms with Crippen LogP contribution >= 0.6 is 0 Å². The molecule has 0 bridgehead atoms. The van der Waals surface area contributed by atoms with Crippen molar-refractivity contribution in [2.24, 2.45) is 5.73 Å². The topological polar surface area (TPSA) is 26.0 Å². The Bertz CT molecular complexity index is 511. The number of hydrogen-bond donors (Lipinski definition) is 1. The van der Waals surface area contributed by atoms with Crippen molar-refractivity contribution in [2.45, 2.75) is 32.2 Å². The van der Waals surface area contributed by atoms with Gasteiger partial charge in [0.1, 0.15) is 5.82 Å². The molecule has 1 unspecified atom stereocenters. The smallest absolute Gasteiger partial charge is 0.123 e. The van der Waals surface area contributed by atoms with Gasteiger partial charge in [-0.05, 0) is 49.9 Å². The van der Waals surface area contributed by atoms with Crippen molar-refractivity contribution in [1.82, 2.24) is 0 Å². The SMILES string of the molecule is Cc1cccc(CC(C)(N)Cc2cccc(F)c2)c1. The summed E-state index contributed by atoms with van der Waals surface area (Å²) in [5.41, 5.74) is 9.39. The van der Waals surface area contributed by atoms with Gasteiger partial charge >= 0.3 is 0 Å². The zero-order valence-corrected chi connectivity index (χ0v) is 11.5. The molecule has 19 heavy (non-hydrogen) atoms. The molecule has 0 aliphatic heterocycles. The van der Waals surface area contributed by atoms with Crippen molar-refractivity contribution in [3.05, 3.63) is 71.0 Å². The van der Waals surface area contributed by atoms with Gasteiger partial charge in [0.05, 0.1) is 0 Å². The molecule has 2 aromatic carbocycles. The fourth-order valence-electron chi connectivity index (χ4n) is 2.46. The predicted molar refractivity (Wildman–Crippen MR) is 77.6 cm³/mol. The normalized spacial score (nSPS) is 14.1. The molecule has 0 fully saturated rings. The van der Waals surface area contributed by atoms with Crippen molar-refractivity contribution >= 4 is 0 Å². The molecule has 0 aliphatic rings. The van der Waals surface area contributed by atoms with Crippen LogP contribution in [0.15, 0.2) is 48.5 Å². The van der Waals surface area contributed by atoms with Gasteiger partial charge in [0.2, 0.25) is 0 Å². The van der Waals surface area contributed by atoms with Gasteiger partial charge in [-0.15, -0.1) is 0 Å². The first-order chi connectivity index (χ1) is 8.94. The van der Waals surface area contributed by atoms with Crippen molar-refractivity contribution in [3.63, 3.8) is 0 Å². The molecular formula is C17H20FN. The minimum atomic E-state index is -0.373. The molecule has 0 radical (unpaired) electrons. The van der Waals surface area contributed by atoms with Crippen molar-refractivity contribution in [3.8, 4) is 0 Å². The summed E-state index contributed by atoms with van der Waals surface area (Å²) in [5.74, 6) is -0.205. The fourth-order valence-corrected chi connectivity index (χ4v) is 2.46. The van der Waals surface area contributed by atoms with E-state index in [0.29, 0.717) is 6.42 Å².